The molecule has 0 aliphatic carbocycles. The Kier molecular flexibility index (Phi) is 6.16. The molecular formula is C23H22F2N4O3. The second kappa shape index (κ2) is 9.17. The van der Waals surface area contributed by atoms with Crippen LogP contribution in [0.3, 0.4) is 0 Å². The van der Waals surface area contributed by atoms with Crippen molar-refractivity contribution in [1.29, 1.82) is 0 Å². The van der Waals surface area contributed by atoms with E-state index in [2.05, 4.69) is 4.98 Å². The summed E-state index contributed by atoms with van der Waals surface area (Å²) in [7, 11) is 1.56. The number of aryl methyl sites for hydroxylation is 1. The lowest BCUT2D eigenvalue weighted by Gasteiger charge is -2.26. The van der Waals surface area contributed by atoms with Crippen molar-refractivity contribution < 1.29 is 23.1 Å². The lowest BCUT2D eigenvalue weighted by Crippen LogP contribution is -2.39. The number of para-hydroxylation sites is 1. The van der Waals surface area contributed by atoms with Crippen LogP contribution in [-0.2, 0) is 22.7 Å². The zero-order chi connectivity index (χ0) is 22.7. The normalized spacial score (nSPS) is 13.3. The van der Waals surface area contributed by atoms with Crippen molar-refractivity contribution in [2.75, 3.05) is 25.0 Å². The highest BCUT2D eigenvalue weighted by atomic mass is 19.1. The van der Waals surface area contributed by atoms with Gasteiger partial charge in [-0.1, -0.05) is 18.2 Å². The van der Waals surface area contributed by atoms with Crippen molar-refractivity contribution in [2.24, 2.45) is 0 Å². The Hall–Kier alpha value is -3.75. The number of ether oxygens (including phenoxy) is 1. The van der Waals surface area contributed by atoms with Gasteiger partial charge in [-0.05, 0) is 30.7 Å². The molecule has 0 unspecified atom stereocenters. The number of nitrogens with zero attached hydrogens (tertiary/aromatic N) is 4. The molecule has 4 rings (SSSR count). The molecule has 9 heteroatoms. The Morgan fingerprint density at radius 1 is 1.16 bits per heavy atom. The van der Waals surface area contributed by atoms with Crippen molar-refractivity contribution in [1.82, 2.24) is 14.5 Å². The number of aromatic nitrogens is 2. The SMILES string of the molecule is CN(CC(=O)N1CCCn2cc(-c3ccccc3F)nc2C1)c1c(F)cccc1OC=O. The number of likely N-dealkylation sites (N-methyl/N-ethyl adjacent to an activating group) is 1. The number of hydrogen-bond acceptors (Lipinski definition) is 5. The summed E-state index contributed by atoms with van der Waals surface area (Å²) in [6.07, 6.45) is 2.50. The minimum Gasteiger partial charge on any atom is -0.426 e. The molecular weight excluding hydrogens is 418 g/mol. The summed E-state index contributed by atoms with van der Waals surface area (Å²) < 4.78 is 35.3. The number of anilines is 1. The minimum atomic E-state index is -0.597. The third kappa shape index (κ3) is 4.32. The van der Waals surface area contributed by atoms with Crippen LogP contribution in [-0.4, -0.2) is 47.0 Å². The number of halogens is 2. The Balaban J connectivity index is 1.52. The maximum Gasteiger partial charge on any atom is 0.298 e. The molecule has 7 nitrogen and oxygen atoms in total. The monoisotopic (exact) mass is 440 g/mol. The number of carbonyl (C=O) groups excluding carboxylic acids is 2. The smallest absolute Gasteiger partial charge is 0.298 e. The van der Waals surface area contributed by atoms with E-state index in [1.807, 2.05) is 4.57 Å². The van der Waals surface area contributed by atoms with Crippen LogP contribution < -0.4 is 9.64 Å². The van der Waals surface area contributed by atoms with Gasteiger partial charge in [0.25, 0.3) is 6.47 Å². The van der Waals surface area contributed by atoms with E-state index in [4.69, 9.17) is 4.74 Å². The summed E-state index contributed by atoms with van der Waals surface area (Å²) in [5.41, 5.74) is 0.964. The predicted octanol–water partition coefficient (Wildman–Crippen LogP) is 3.23. The Labute approximate surface area is 183 Å². The van der Waals surface area contributed by atoms with E-state index in [-0.39, 0.29) is 42.7 Å². The highest BCUT2D eigenvalue weighted by Crippen LogP contribution is 2.30. The zero-order valence-corrected chi connectivity index (χ0v) is 17.5. The lowest BCUT2D eigenvalue weighted by atomic mass is 10.1. The first-order valence-electron chi connectivity index (χ1n) is 10.2. The topological polar surface area (TPSA) is 67.7 Å². The largest absolute Gasteiger partial charge is 0.426 e. The molecule has 0 radical (unpaired) electrons. The van der Waals surface area contributed by atoms with E-state index in [1.165, 1.54) is 29.2 Å². The summed E-state index contributed by atoms with van der Waals surface area (Å²) in [5, 5.41) is 0. The van der Waals surface area contributed by atoms with Gasteiger partial charge in [0.05, 0.1) is 18.8 Å². The molecule has 1 aliphatic heterocycles. The van der Waals surface area contributed by atoms with E-state index >= 15 is 0 Å². The molecule has 0 atom stereocenters. The fourth-order valence-corrected chi connectivity index (χ4v) is 3.86. The second-order valence-electron chi connectivity index (χ2n) is 7.54. The number of hydrogen-bond donors (Lipinski definition) is 0. The molecule has 0 spiro atoms. The molecule has 1 amide bonds. The molecule has 2 aromatic carbocycles. The summed E-state index contributed by atoms with van der Waals surface area (Å²) in [6, 6.07) is 10.5. The van der Waals surface area contributed by atoms with Gasteiger partial charge in [-0.25, -0.2) is 13.8 Å². The number of imidazole rings is 1. The number of rotatable bonds is 6. The number of carbonyl (C=O) groups is 2. The van der Waals surface area contributed by atoms with Gasteiger partial charge in [-0.15, -0.1) is 0 Å². The van der Waals surface area contributed by atoms with Gasteiger partial charge in [0, 0.05) is 31.9 Å². The molecule has 0 N–H and O–H groups in total. The quantitative estimate of drug-likeness (QED) is 0.551. The van der Waals surface area contributed by atoms with Gasteiger partial charge in [0.1, 0.15) is 23.1 Å². The van der Waals surface area contributed by atoms with Gasteiger partial charge in [-0.2, -0.15) is 0 Å². The van der Waals surface area contributed by atoms with Crippen molar-refractivity contribution in [3.05, 3.63) is 66.1 Å². The molecule has 32 heavy (non-hydrogen) atoms. The number of benzene rings is 2. The van der Waals surface area contributed by atoms with E-state index in [0.717, 1.165) is 0 Å². The van der Waals surface area contributed by atoms with Gasteiger partial charge in [0.15, 0.2) is 5.75 Å². The maximum atomic E-state index is 14.4. The van der Waals surface area contributed by atoms with Crippen LogP contribution in [0.2, 0.25) is 0 Å². The first kappa shape index (κ1) is 21.5. The zero-order valence-electron chi connectivity index (χ0n) is 17.5. The molecule has 0 bridgehead atoms. The second-order valence-corrected chi connectivity index (χ2v) is 7.54. The molecule has 0 saturated carbocycles. The minimum absolute atomic E-state index is 0.0334. The average molecular weight is 440 g/mol. The van der Waals surface area contributed by atoms with Gasteiger partial charge in [-0.3, -0.25) is 9.59 Å². The fraction of sp³-hybridized carbons (Fsp3) is 0.261. The maximum absolute atomic E-state index is 14.4. The molecule has 1 aromatic heterocycles. The number of fused-ring (bicyclic) bond motifs is 1. The Morgan fingerprint density at radius 2 is 1.94 bits per heavy atom. The first-order valence-corrected chi connectivity index (χ1v) is 10.2. The molecule has 166 valence electrons. The fourth-order valence-electron chi connectivity index (χ4n) is 3.86. The van der Waals surface area contributed by atoms with Crippen molar-refractivity contribution in [2.45, 2.75) is 19.5 Å². The summed E-state index contributed by atoms with van der Waals surface area (Å²) in [4.78, 5) is 31.4. The molecule has 0 fully saturated rings. The Bertz CT molecular complexity index is 1150. The Morgan fingerprint density at radius 3 is 2.72 bits per heavy atom. The third-order valence-electron chi connectivity index (χ3n) is 5.40. The predicted molar refractivity (Wildman–Crippen MR) is 114 cm³/mol. The average Bonchev–Trinajstić information content (AvgIpc) is 3.05. The number of amides is 1. The molecule has 1 aliphatic rings. The van der Waals surface area contributed by atoms with Gasteiger partial charge >= 0.3 is 0 Å². The van der Waals surface area contributed by atoms with Crippen LogP contribution in [0.4, 0.5) is 14.5 Å². The first-order chi connectivity index (χ1) is 15.5. The van der Waals surface area contributed by atoms with E-state index < -0.39 is 5.82 Å². The van der Waals surface area contributed by atoms with E-state index in [9.17, 15) is 18.4 Å². The van der Waals surface area contributed by atoms with Crippen LogP contribution >= 0.6 is 0 Å². The summed E-state index contributed by atoms with van der Waals surface area (Å²) in [6.45, 7) is 1.53. The molecule has 2 heterocycles. The van der Waals surface area contributed by atoms with Crippen molar-refractivity contribution >= 4 is 18.1 Å². The van der Waals surface area contributed by atoms with Crippen LogP contribution in [0.25, 0.3) is 11.3 Å². The van der Waals surface area contributed by atoms with E-state index in [0.29, 0.717) is 36.6 Å². The van der Waals surface area contributed by atoms with Gasteiger partial charge in [0.2, 0.25) is 5.91 Å². The van der Waals surface area contributed by atoms with Crippen molar-refractivity contribution in [3.8, 4) is 17.0 Å². The summed E-state index contributed by atoms with van der Waals surface area (Å²) >= 11 is 0. The highest BCUT2D eigenvalue weighted by molar-refractivity contribution is 5.82. The third-order valence-corrected chi connectivity index (χ3v) is 5.40. The van der Waals surface area contributed by atoms with Crippen LogP contribution in [0.5, 0.6) is 5.75 Å². The van der Waals surface area contributed by atoms with Crippen molar-refractivity contribution in [3.63, 3.8) is 0 Å². The summed E-state index contributed by atoms with van der Waals surface area (Å²) in [5.74, 6) is -0.477. The van der Waals surface area contributed by atoms with Crippen LogP contribution in [0.1, 0.15) is 12.2 Å². The standard InChI is InChI=1S/C23H22F2N4O3/c1-27(23-18(25)8-4-9-20(23)32-15-30)14-22(31)29-11-5-10-28-12-19(26-21(28)13-29)16-6-2-3-7-17(16)24/h2-4,6-9,12,15H,5,10-11,13-14H2,1H3. The van der Waals surface area contributed by atoms with Crippen LogP contribution in [0.15, 0.2) is 48.7 Å². The lowest BCUT2D eigenvalue weighted by molar-refractivity contribution is -0.130. The highest BCUT2D eigenvalue weighted by Gasteiger charge is 2.24. The van der Waals surface area contributed by atoms with Crippen LogP contribution in [0, 0.1) is 11.6 Å². The van der Waals surface area contributed by atoms with E-state index in [1.54, 1.807) is 36.3 Å². The molecule has 3 aromatic rings. The van der Waals surface area contributed by atoms with Gasteiger partial charge < -0.3 is 19.1 Å². The molecule has 0 saturated heterocycles.